The molecule has 0 aromatic heterocycles. The lowest BCUT2D eigenvalue weighted by molar-refractivity contribution is -0.119. The molecule has 1 unspecified atom stereocenters. The van der Waals surface area contributed by atoms with E-state index in [0.717, 1.165) is 6.42 Å². The van der Waals surface area contributed by atoms with Crippen molar-refractivity contribution in [3.05, 3.63) is 23.8 Å². The summed E-state index contributed by atoms with van der Waals surface area (Å²) in [5.41, 5.74) is 0.114. The van der Waals surface area contributed by atoms with Crippen LogP contribution in [0.4, 0.5) is 0 Å². The van der Waals surface area contributed by atoms with Crippen LogP contribution in [0, 0.1) is 5.41 Å². The van der Waals surface area contributed by atoms with Crippen molar-refractivity contribution in [2.24, 2.45) is 5.41 Å². The highest BCUT2D eigenvalue weighted by Crippen LogP contribution is 2.37. The van der Waals surface area contributed by atoms with Crippen LogP contribution in [0.3, 0.4) is 0 Å². The van der Waals surface area contributed by atoms with Crippen LogP contribution < -0.4 is 5.32 Å². The van der Waals surface area contributed by atoms with Gasteiger partial charge in [-0.1, -0.05) is 0 Å². The van der Waals surface area contributed by atoms with E-state index >= 15 is 0 Å². The summed E-state index contributed by atoms with van der Waals surface area (Å²) < 4.78 is 0. The average molecular weight is 276 g/mol. The highest BCUT2D eigenvalue weighted by Gasteiger charge is 2.45. The van der Waals surface area contributed by atoms with Crippen LogP contribution in [0.25, 0.3) is 0 Å². The van der Waals surface area contributed by atoms with Gasteiger partial charge in [0.1, 0.15) is 11.5 Å². The maximum Gasteiger partial charge on any atom is 0.254 e. The molecule has 0 saturated carbocycles. The lowest BCUT2D eigenvalue weighted by Crippen LogP contribution is -2.33. The topological polar surface area (TPSA) is 89.9 Å². The molecule has 1 atom stereocenters. The highest BCUT2D eigenvalue weighted by atomic mass is 16.3. The Morgan fingerprint density at radius 3 is 2.55 bits per heavy atom. The molecule has 0 aliphatic carbocycles. The van der Waals surface area contributed by atoms with Gasteiger partial charge in [0.15, 0.2) is 0 Å². The molecule has 6 heteroatoms. The Hall–Kier alpha value is -2.24. The van der Waals surface area contributed by atoms with Crippen LogP contribution in [-0.2, 0) is 4.79 Å². The number of carbonyl (C=O) groups excluding carboxylic acids is 2. The van der Waals surface area contributed by atoms with Gasteiger partial charge in [0.2, 0.25) is 5.91 Å². The molecule has 2 aliphatic heterocycles. The molecule has 1 aromatic carbocycles. The number of amides is 2. The SMILES string of the molecule is O=C1CC2(CCN(C(=O)c3cc(O)cc(O)c3)C2)CN1. The van der Waals surface area contributed by atoms with Crippen molar-refractivity contribution in [1.29, 1.82) is 0 Å². The van der Waals surface area contributed by atoms with Crippen molar-refractivity contribution >= 4 is 11.8 Å². The van der Waals surface area contributed by atoms with E-state index in [4.69, 9.17) is 0 Å². The summed E-state index contributed by atoms with van der Waals surface area (Å²) in [6, 6.07) is 3.86. The van der Waals surface area contributed by atoms with E-state index in [1.165, 1.54) is 18.2 Å². The van der Waals surface area contributed by atoms with Gasteiger partial charge in [-0.3, -0.25) is 9.59 Å². The lowest BCUT2D eigenvalue weighted by atomic mass is 9.86. The van der Waals surface area contributed by atoms with Crippen molar-refractivity contribution in [2.75, 3.05) is 19.6 Å². The number of hydrogen-bond acceptors (Lipinski definition) is 4. The second-order valence-corrected chi connectivity index (χ2v) is 5.67. The van der Waals surface area contributed by atoms with Gasteiger partial charge in [0, 0.05) is 43.1 Å². The number of rotatable bonds is 1. The summed E-state index contributed by atoms with van der Waals surface area (Å²) in [6.45, 7) is 1.73. The minimum Gasteiger partial charge on any atom is -0.508 e. The summed E-state index contributed by atoms with van der Waals surface area (Å²) in [6.07, 6.45) is 1.25. The minimum absolute atomic E-state index is 0.0364. The van der Waals surface area contributed by atoms with E-state index in [0.29, 0.717) is 26.1 Å². The minimum atomic E-state index is -0.229. The summed E-state index contributed by atoms with van der Waals surface area (Å²) in [4.78, 5) is 25.4. The predicted octanol–water partition coefficient (Wildman–Crippen LogP) is 0.450. The molecule has 0 bridgehead atoms. The molecule has 3 rings (SSSR count). The van der Waals surface area contributed by atoms with Gasteiger partial charge in [-0.2, -0.15) is 0 Å². The maximum atomic E-state index is 12.4. The Morgan fingerprint density at radius 1 is 1.25 bits per heavy atom. The molecular formula is C14H16N2O4. The van der Waals surface area contributed by atoms with Gasteiger partial charge in [-0.05, 0) is 18.6 Å². The van der Waals surface area contributed by atoms with E-state index < -0.39 is 0 Å². The van der Waals surface area contributed by atoms with Crippen molar-refractivity contribution in [2.45, 2.75) is 12.8 Å². The van der Waals surface area contributed by atoms with Crippen molar-refractivity contribution in [3.8, 4) is 11.5 Å². The number of likely N-dealkylation sites (tertiary alicyclic amines) is 1. The van der Waals surface area contributed by atoms with Crippen molar-refractivity contribution < 1.29 is 19.8 Å². The Bertz CT molecular complexity index is 566. The van der Waals surface area contributed by atoms with E-state index in [9.17, 15) is 19.8 Å². The van der Waals surface area contributed by atoms with E-state index in [2.05, 4.69) is 5.32 Å². The molecule has 2 saturated heterocycles. The predicted molar refractivity (Wildman–Crippen MR) is 70.4 cm³/mol. The normalized spacial score (nSPS) is 25.2. The van der Waals surface area contributed by atoms with Gasteiger partial charge in [-0.25, -0.2) is 0 Å². The molecule has 3 N–H and O–H groups in total. The molecule has 2 amide bonds. The summed E-state index contributed by atoms with van der Waals surface area (Å²) in [5, 5.41) is 21.7. The molecule has 2 fully saturated rings. The second-order valence-electron chi connectivity index (χ2n) is 5.67. The van der Waals surface area contributed by atoms with Crippen LogP contribution in [-0.4, -0.2) is 46.6 Å². The maximum absolute atomic E-state index is 12.4. The number of nitrogens with zero attached hydrogens (tertiary/aromatic N) is 1. The third-order valence-corrected chi connectivity index (χ3v) is 4.07. The van der Waals surface area contributed by atoms with Crippen LogP contribution in [0.5, 0.6) is 11.5 Å². The average Bonchev–Trinajstić information content (AvgIpc) is 2.95. The standard InChI is InChI=1S/C14H16N2O4/c17-10-3-9(4-11(18)5-10)13(20)16-2-1-14(8-16)6-12(19)15-7-14/h3-5,17-18H,1-2,6-8H2,(H,15,19). The molecule has 2 aliphatic rings. The number of phenolic OH excluding ortho intramolecular Hbond substituents is 2. The van der Waals surface area contributed by atoms with Gasteiger partial charge < -0.3 is 20.4 Å². The largest absolute Gasteiger partial charge is 0.508 e. The number of phenols is 2. The van der Waals surface area contributed by atoms with Crippen LogP contribution in [0.2, 0.25) is 0 Å². The molecule has 0 radical (unpaired) electrons. The third kappa shape index (κ3) is 2.17. The lowest BCUT2D eigenvalue weighted by Gasteiger charge is -2.22. The number of benzene rings is 1. The zero-order chi connectivity index (χ0) is 14.3. The molecule has 6 nitrogen and oxygen atoms in total. The Balaban J connectivity index is 1.77. The van der Waals surface area contributed by atoms with E-state index in [-0.39, 0.29) is 34.3 Å². The number of hydrogen-bond donors (Lipinski definition) is 3. The fourth-order valence-electron chi connectivity index (χ4n) is 3.05. The molecule has 1 aromatic rings. The molecule has 2 heterocycles. The smallest absolute Gasteiger partial charge is 0.254 e. The Kier molecular flexibility index (Phi) is 2.81. The fraction of sp³-hybridized carbons (Fsp3) is 0.429. The van der Waals surface area contributed by atoms with Gasteiger partial charge in [0.05, 0.1) is 0 Å². The molecule has 20 heavy (non-hydrogen) atoms. The second kappa shape index (κ2) is 4.40. The first-order chi connectivity index (χ1) is 9.47. The van der Waals surface area contributed by atoms with Gasteiger partial charge in [-0.15, -0.1) is 0 Å². The molecular weight excluding hydrogens is 260 g/mol. The van der Waals surface area contributed by atoms with E-state index in [1.54, 1.807) is 4.90 Å². The van der Waals surface area contributed by atoms with Crippen molar-refractivity contribution in [1.82, 2.24) is 10.2 Å². The quantitative estimate of drug-likeness (QED) is 0.694. The Labute approximate surface area is 116 Å². The Morgan fingerprint density at radius 2 is 1.95 bits per heavy atom. The van der Waals surface area contributed by atoms with Crippen LogP contribution in [0.15, 0.2) is 18.2 Å². The third-order valence-electron chi connectivity index (χ3n) is 4.07. The zero-order valence-corrected chi connectivity index (χ0v) is 10.9. The highest BCUT2D eigenvalue weighted by molar-refractivity contribution is 5.95. The fourth-order valence-corrected chi connectivity index (χ4v) is 3.05. The van der Waals surface area contributed by atoms with Crippen LogP contribution in [0.1, 0.15) is 23.2 Å². The summed E-state index contributed by atoms with van der Waals surface area (Å²) >= 11 is 0. The number of nitrogens with one attached hydrogen (secondary N) is 1. The zero-order valence-electron chi connectivity index (χ0n) is 10.9. The first-order valence-electron chi connectivity index (χ1n) is 6.56. The number of aromatic hydroxyl groups is 2. The van der Waals surface area contributed by atoms with Gasteiger partial charge >= 0.3 is 0 Å². The van der Waals surface area contributed by atoms with E-state index in [1.807, 2.05) is 0 Å². The molecule has 106 valence electrons. The summed E-state index contributed by atoms with van der Waals surface area (Å²) in [7, 11) is 0. The summed E-state index contributed by atoms with van der Waals surface area (Å²) in [5.74, 6) is -0.471. The monoisotopic (exact) mass is 276 g/mol. The van der Waals surface area contributed by atoms with Crippen molar-refractivity contribution in [3.63, 3.8) is 0 Å². The first kappa shape index (κ1) is 12.8. The molecule has 1 spiro atoms. The first-order valence-corrected chi connectivity index (χ1v) is 6.56. The number of carbonyl (C=O) groups is 2. The van der Waals surface area contributed by atoms with Crippen LogP contribution >= 0.6 is 0 Å². The van der Waals surface area contributed by atoms with Gasteiger partial charge in [0.25, 0.3) is 5.91 Å².